The maximum Gasteiger partial charge on any atom is 0.377 e. The van der Waals surface area contributed by atoms with Crippen molar-refractivity contribution in [2.45, 2.75) is 9.79 Å². The number of para-hydroxylation sites is 1. The van der Waals surface area contributed by atoms with E-state index in [-0.39, 0.29) is 12.4 Å². The van der Waals surface area contributed by atoms with Crippen LogP contribution in [0.3, 0.4) is 0 Å². The Kier molecular flexibility index (Phi) is 4.96. The van der Waals surface area contributed by atoms with E-state index in [0.717, 1.165) is 15.5 Å². The lowest BCUT2D eigenvalue weighted by molar-refractivity contribution is -0.148. The highest BCUT2D eigenvalue weighted by Crippen LogP contribution is 2.48. The van der Waals surface area contributed by atoms with Crippen LogP contribution >= 0.6 is 23.4 Å². The molecule has 0 fully saturated rings. The van der Waals surface area contributed by atoms with E-state index < -0.39 is 18.5 Å². The minimum Gasteiger partial charge on any atom is -0.493 e. The Labute approximate surface area is 164 Å². The SMILES string of the molecule is O=C(OCC(=O)N1c2ccccc2Sc2ccc(Cl)cc21)C1=COCCO1. The molecule has 0 atom stereocenters. The molecule has 27 heavy (non-hydrogen) atoms. The average molecular weight is 404 g/mol. The molecule has 8 heteroatoms. The fourth-order valence-corrected chi connectivity index (χ4v) is 3.94. The number of benzene rings is 2. The van der Waals surface area contributed by atoms with Crippen molar-refractivity contribution < 1.29 is 23.8 Å². The van der Waals surface area contributed by atoms with Crippen LogP contribution in [0.5, 0.6) is 0 Å². The maximum absolute atomic E-state index is 12.9. The van der Waals surface area contributed by atoms with Crippen LogP contribution in [-0.4, -0.2) is 31.7 Å². The summed E-state index contributed by atoms with van der Waals surface area (Å²) in [4.78, 5) is 28.3. The molecular formula is C19H14ClNO5S. The molecule has 0 N–H and O–H groups in total. The lowest BCUT2D eigenvalue weighted by Gasteiger charge is -2.31. The predicted molar refractivity (Wildman–Crippen MR) is 100 cm³/mol. The first kappa shape index (κ1) is 17.8. The Hall–Kier alpha value is -2.64. The zero-order valence-corrected chi connectivity index (χ0v) is 15.6. The molecule has 0 aromatic heterocycles. The van der Waals surface area contributed by atoms with Gasteiger partial charge in [-0.25, -0.2) is 4.79 Å². The zero-order chi connectivity index (χ0) is 18.8. The van der Waals surface area contributed by atoms with Crippen LogP contribution in [0, 0.1) is 0 Å². The van der Waals surface area contributed by atoms with Crippen LogP contribution in [0.15, 0.2) is 64.3 Å². The summed E-state index contributed by atoms with van der Waals surface area (Å²) in [6, 6.07) is 12.9. The Balaban J connectivity index is 1.59. The Morgan fingerprint density at radius 3 is 2.74 bits per heavy atom. The molecule has 0 saturated carbocycles. The predicted octanol–water partition coefficient (Wildman–Crippen LogP) is 3.90. The minimum atomic E-state index is -0.742. The summed E-state index contributed by atoms with van der Waals surface area (Å²) in [5.41, 5.74) is 1.37. The highest BCUT2D eigenvalue weighted by atomic mass is 35.5. The Morgan fingerprint density at radius 1 is 1.11 bits per heavy atom. The molecule has 0 unspecified atom stereocenters. The van der Waals surface area contributed by atoms with E-state index in [9.17, 15) is 9.59 Å². The van der Waals surface area contributed by atoms with Crippen LogP contribution in [-0.2, 0) is 23.8 Å². The molecule has 0 aliphatic carbocycles. The van der Waals surface area contributed by atoms with Crippen LogP contribution in [0.4, 0.5) is 11.4 Å². The summed E-state index contributed by atoms with van der Waals surface area (Å²) in [6.07, 6.45) is 1.19. The number of fused-ring (bicyclic) bond motifs is 2. The van der Waals surface area contributed by atoms with Crippen molar-refractivity contribution >= 4 is 46.6 Å². The lowest BCUT2D eigenvalue weighted by Crippen LogP contribution is -2.33. The molecule has 138 valence electrons. The molecule has 6 nitrogen and oxygen atoms in total. The highest BCUT2D eigenvalue weighted by molar-refractivity contribution is 7.99. The molecule has 2 aliphatic heterocycles. The number of carbonyl (C=O) groups is 2. The van der Waals surface area contributed by atoms with Crippen LogP contribution in [0.2, 0.25) is 5.02 Å². The van der Waals surface area contributed by atoms with Gasteiger partial charge >= 0.3 is 5.97 Å². The summed E-state index contributed by atoms with van der Waals surface area (Å²) < 4.78 is 15.3. The van der Waals surface area contributed by atoms with Crippen molar-refractivity contribution in [2.75, 3.05) is 24.7 Å². The molecular weight excluding hydrogens is 390 g/mol. The van der Waals surface area contributed by atoms with Gasteiger partial charge in [-0.05, 0) is 30.3 Å². The van der Waals surface area contributed by atoms with E-state index in [1.54, 1.807) is 23.9 Å². The monoisotopic (exact) mass is 403 g/mol. The largest absolute Gasteiger partial charge is 0.493 e. The van der Waals surface area contributed by atoms with Gasteiger partial charge in [0.25, 0.3) is 5.91 Å². The fourth-order valence-electron chi connectivity index (χ4n) is 2.74. The van der Waals surface area contributed by atoms with Crippen molar-refractivity contribution in [1.82, 2.24) is 0 Å². The number of hydrogen-bond acceptors (Lipinski definition) is 6. The number of halogens is 1. The third kappa shape index (κ3) is 3.61. The minimum absolute atomic E-state index is 0.0490. The molecule has 2 heterocycles. The first-order chi connectivity index (χ1) is 13.1. The van der Waals surface area contributed by atoms with Gasteiger partial charge in [0.15, 0.2) is 6.61 Å². The van der Waals surface area contributed by atoms with Crippen molar-refractivity contribution in [1.29, 1.82) is 0 Å². The molecule has 2 aromatic carbocycles. The molecule has 2 aromatic rings. The Morgan fingerprint density at radius 2 is 1.93 bits per heavy atom. The van der Waals surface area contributed by atoms with Crippen LogP contribution < -0.4 is 4.90 Å². The van der Waals surface area contributed by atoms with Crippen molar-refractivity contribution in [3.63, 3.8) is 0 Å². The molecule has 2 aliphatic rings. The number of ether oxygens (including phenoxy) is 3. The number of hydrogen-bond donors (Lipinski definition) is 0. The molecule has 0 spiro atoms. The van der Waals surface area contributed by atoms with E-state index in [4.69, 9.17) is 25.8 Å². The normalized spacial score (nSPS) is 14.9. The average Bonchev–Trinajstić information content (AvgIpc) is 2.70. The van der Waals surface area contributed by atoms with Gasteiger partial charge in [0.2, 0.25) is 5.76 Å². The number of anilines is 2. The fraction of sp³-hybridized carbons (Fsp3) is 0.158. The molecule has 0 radical (unpaired) electrons. The molecule has 0 bridgehead atoms. The number of carbonyl (C=O) groups excluding carboxylic acids is 2. The molecule has 0 saturated heterocycles. The first-order valence-electron chi connectivity index (χ1n) is 8.14. The van der Waals surface area contributed by atoms with E-state index in [0.29, 0.717) is 17.3 Å². The summed E-state index contributed by atoms with van der Waals surface area (Å²) >= 11 is 7.69. The highest BCUT2D eigenvalue weighted by Gasteiger charge is 2.29. The van der Waals surface area contributed by atoms with E-state index in [2.05, 4.69) is 0 Å². The van der Waals surface area contributed by atoms with Gasteiger partial charge in [-0.15, -0.1) is 0 Å². The number of esters is 1. The Bertz CT molecular complexity index is 945. The second-order valence-electron chi connectivity index (χ2n) is 5.69. The van der Waals surface area contributed by atoms with Crippen LogP contribution in [0.1, 0.15) is 0 Å². The maximum atomic E-state index is 12.9. The van der Waals surface area contributed by atoms with Crippen LogP contribution in [0.25, 0.3) is 0 Å². The summed E-state index contributed by atoms with van der Waals surface area (Å²) in [6.45, 7) is 0.192. The topological polar surface area (TPSA) is 65.1 Å². The number of nitrogens with zero attached hydrogens (tertiary/aromatic N) is 1. The molecule has 1 amide bonds. The standard InChI is InChI=1S/C19H14ClNO5S/c20-12-5-6-17-14(9-12)21(13-3-1-2-4-16(13)27-17)18(22)11-26-19(23)15-10-24-7-8-25-15/h1-6,9-10H,7-8,11H2. The first-order valence-corrected chi connectivity index (χ1v) is 9.34. The van der Waals surface area contributed by atoms with Gasteiger partial charge in [0, 0.05) is 14.8 Å². The van der Waals surface area contributed by atoms with Crippen molar-refractivity contribution in [3.05, 3.63) is 59.5 Å². The third-order valence-electron chi connectivity index (χ3n) is 3.91. The van der Waals surface area contributed by atoms with Gasteiger partial charge in [-0.3, -0.25) is 9.69 Å². The summed E-state index contributed by atoms with van der Waals surface area (Å²) in [7, 11) is 0. The van der Waals surface area contributed by atoms with Gasteiger partial charge in [0.1, 0.15) is 19.5 Å². The van der Waals surface area contributed by atoms with Crippen molar-refractivity contribution in [3.8, 4) is 0 Å². The van der Waals surface area contributed by atoms with E-state index in [1.807, 2.05) is 30.3 Å². The van der Waals surface area contributed by atoms with Gasteiger partial charge < -0.3 is 14.2 Å². The second kappa shape index (κ2) is 7.54. The van der Waals surface area contributed by atoms with E-state index >= 15 is 0 Å². The zero-order valence-electron chi connectivity index (χ0n) is 14.0. The molecule has 4 rings (SSSR count). The summed E-state index contributed by atoms with van der Waals surface area (Å²) in [5, 5.41) is 0.515. The van der Waals surface area contributed by atoms with Gasteiger partial charge in [0.05, 0.1) is 11.4 Å². The third-order valence-corrected chi connectivity index (χ3v) is 5.28. The second-order valence-corrected chi connectivity index (χ2v) is 7.21. The quantitative estimate of drug-likeness (QED) is 0.724. The van der Waals surface area contributed by atoms with Gasteiger partial charge in [-0.2, -0.15) is 0 Å². The number of amides is 1. The summed E-state index contributed by atoms with van der Waals surface area (Å²) in [5.74, 6) is -1.18. The lowest BCUT2D eigenvalue weighted by atomic mass is 10.2. The van der Waals surface area contributed by atoms with Crippen molar-refractivity contribution in [2.24, 2.45) is 0 Å². The van der Waals surface area contributed by atoms with E-state index in [1.165, 1.54) is 11.2 Å². The number of rotatable bonds is 3. The van der Waals surface area contributed by atoms with Gasteiger partial charge in [-0.1, -0.05) is 35.5 Å². The smallest absolute Gasteiger partial charge is 0.377 e.